The summed E-state index contributed by atoms with van der Waals surface area (Å²) >= 11 is 1.76. The predicted octanol–water partition coefficient (Wildman–Crippen LogP) is 5.51. The summed E-state index contributed by atoms with van der Waals surface area (Å²) in [6.45, 7) is 0. The molecule has 3 aromatic rings. The molecule has 1 N–H and O–H groups in total. The molecule has 0 fully saturated rings. The Kier molecular flexibility index (Phi) is 4.57. The lowest BCUT2D eigenvalue weighted by Gasteiger charge is -2.11. The number of thioether (sulfide) groups is 1. The normalized spacial score (nSPS) is 16.4. The van der Waals surface area contributed by atoms with Crippen LogP contribution in [0, 0.1) is 0 Å². The highest BCUT2D eigenvalue weighted by Gasteiger charge is 2.21. The minimum atomic E-state index is 0.250. The van der Waals surface area contributed by atoms with E-state index in [-0.39, 0.29) is 6.04 Å². The van der Waals surface area contributed by atoms with E-state index in [1.807, 2.05) is 6.07 Å². The zero-order valence-electron chi connectivity index (χ0n) is 14.1. The van der Waals surface area contributed by atoms with Crippen molar-refractivity contribution in [3.05, 3.63) is 90.0 Å². The zero-order chi connectivity index (χ0) is 17.1. The smallest absolute Gasteiger partial charge is 0.0745 e. The van der Waals surface area contributed by atoms with E-state index < -0.39 is 0 Å². The molecule has 1 unspecified atom stereocenters. The third-order valence-electron chi connectivity index (χ3n) is 4.60. The van der Waals surface area contributed by atoms with Crippen molar-refractivity contribution in [2.75, 3.05) is 6.26 Å². The molecule has 0 spiro atoms. The summed E-state index contributed by atoms with van der Waals surface area (Å²) in [6, 6.07) is 28.2. The van der Waals surface area contributed by atoms with Crippen LogP contribution in [0.2, 0.25) is 0 Å². The van der Waals surface area contributed by atoms with Crippen LogP contribution in [0.25, 0.3) is 11.1 Å². The van der Waals surface area contributed by atoms with Gasteiger partial charge in [-0.05, 0) is 40.6 Å². The van der Waals surface area contributed by atoms with Gasteiger partial charge in [-0.3, -0.25) is 0 Å². The molecular weight excluding hydrogens is 324 g/mol. The molecule has 1 atom stereocenters. The third kappa shape index (κ3) is 3.47. The first-order valence-corrected chi connectivity index (χ1v) is 9.68. The molecule has 3 heteroatoms. The maximum Gasteiger partial charge on any atom is 0.0745 e. The number of benzene rings is 3. The van der Waals surface area contributed by atoms with Crippen molar-refractivity contribution in [1.29, 1.82) is 0 Å². The van der Waals surface area contributed by atoms with E-state index in [0.717, 1.165) is 12.1 Å². The summed E-state index contributed by atoms with van der Waals surface area (Å²) < 4.78 is 0. The fourth-order valence-corrected chi connectivity index (χ4v) is 3.55. The highest BCUT2D eigenvalue weighted by atomic mass is 32.2. The van der Waals surface area contributed by atoms with Crippen molar-refractivity contribution >= 4 is 17.5 Å². The average molecular weight is 344 g/mol. The number of nitrogens with zero attached hydrogens (tertiary/aromatic N) is 1. The molecule has 0 saturated carbocycles. The quantitative estimate of drug-likeness (QED) is 0.631. The molecule has 124 valence electrons. The minimum absolute atomic E-state index is 0.250. The second-order valence-corrected chi connectivity index (χ2v) is 7.04. The van der Waals surface area contributed by atoms with E-state index >= 15 is 0 Å². The molecule has 0 aromatic heterocycles. The molecule has 0 aliphatic carbocycles. The highest BCUT2D eigenvalue weighted by molar-refractivity contribution is 7.98. The third-order valence-corrected chi connectivity index (χ3v) is 5.34. The molecule has 0 saturated heterocycles. The highest BCUT2D eigenvalue weighted by Crippen LogP contribution is 2.27. The second-order valence-electron chi connectivity index (χ2n) is 6.16. The Morgan fingerprint density at radius 2 is 1.44 bits per heavy atom. The van der Waals surface area contributed by atoms with Gasteiger partial charge < -0.3 is 5.43 Å². The largest absolute Gasteiger partial charge is 0.302 e. The van der Waals surface area contributed by atoms with Crippen LogP contribution in [-0.4, -0.2) is 12.0 Å². The Bertz CT molecular complexity index is 868. The molecule has 25 heavy (non-hydrogen) atoms. The Balaban J connectivity index is 1.47. The SMILES string of the molecule is CSc1ccc(C2=NNC(c3ccc(-c4ccccc4)cc3)C2)cc1. The van der Waals surface area contributed by atoms with Gasteiger partial charge in [0.15, 0.2) is 0 Å². The standard InChI is InChI=1S/C22H20N2S/c1-25-20-13-11-19(12-14-20)22-15-21(23-24-22)18-9-7-17(8-10-18)16-5-3-2-4-6-16/h2-14,21,23H,15H2,1H3. The molecule has 0 amide bonds. The molecule has 2 nitrogen and oxygen atoms in total. The van der Waals surface area contributed by atoms with Crippen LogP contribution in [0.5, 0.6) is 0 Å². The molecule has 3 aromatic carbocycles. The van der Waals surface area contributed by atoms with Crippen LogP contribution < -0.4 is 5.43 Å². The average Bonchev–Trinajstić information content (AvgIpc) is 3.19. The van der Waals surface area contributed by atoms with Gasteiger partial charge in [-0.1, -0.05) is 66.7 Å². The van der Waals surface area contributed by atoms with Gasteiger partial charge in [0.2, 0.25) is 0 Å². The van der Waals surface area contributed by atoms with E-state index in [1.165, 1.54) is 27.1 Å². The van der Waals surface area contributed by atoms with Crippen LogP contribution in [0.1, 0.15) is 23.6 Å². The van der Waals surface area contributed by atoms with E-state index in [1.54, 1.807) is 11.8 Å². The van der Waals surface area contributed by atoms with Gasteiger partial charge in [-0.15, -0.1) is 11.8 Å². The Labute approximate surface area is 153 Å². The van der Waals surface area contributed by atoms with Crippen LogP contribution in [-0.2, 0) is 0 Å². The van der Waals surface area contributed by atoms with Crippen LogP contribution >= 0.6 is 11.8 Å². The van der Waals surface area contributed by atoms with Gasteiger partial charge in [-0.25, -0.2) is 0 Å². The van der Waals surface area contributed by atoms with Gasteiger partial charge in [0.25, 0.3) is 0 Å². The summed E-state index contributed by atoms with van der Waals surface area (Å²) in [7, 11) is 0. The van der Waals surface area contributed by atoms with Crippen LogP contribution in [0.15, 0.2) is 88.9 Å². The van der Waals surface area contributed by atoms with Crippen molar-refractivity contribution in [2.45, 2.75) is 17.4 Å². The van der Waals surface area contributed by atoms with Gasteiger partial charge in [-0.2, -0.15) is 5.10 Å². The lowest BCUT2D eigenvalue weighted by atomic mass is 9.97. The van der Waals surface area contributed by atoms with E-state index in [2.05, 4.69) is 89.6 Å². The fourth-order valence-electron chi connectivity index (χ4n) is 3.14. The molecule has 4 rings (SSSR count). The first kappa shape index (κ1) is 16.0. The molecule has 0 bridgehead atoms. The Hall–Kier alpha value is -2.52. The van der Waals surface area contributed by atoms with Crippen LogP contribution in [0.3, 0.4) is 0 Å². The van der Waals surface area contributed by atoms with Crippen molar-refractivity contribution in [2.24, 2.45) is 5.10 Å². The first-order valence-electron chi connectivity index (χ1n) is 8.45. The van der Waals surface area contributed by atoms with Gasteiger partial charge in [0.05, 0.1) is 11.8 Å². The van der Waals surface area contributed by atoms with Gasteiger partial charge in [0.1, 0.15) is 0 Å². The lowest BCUT2D eigenvalue weighted by Crippen LogP contribution is -2.09. The van der Waals surface area contributed by atoms with Crippen molar-refractivity contribution in [3.8, 4) is 11.1 Å². The monoisotopic (exact) mass is 344 g/mol. The minimum Gasteiger partial charge on any atom is -0.302 e. The van der Waals surface area contributed by atoms with Gasteiger partial charge >= 0.3 is 0 Å². The first-order chi connectivity index (χ1) is 12.3. The number of nitrogens with one attached hydrogen (secondary N) is 1. The second kappa shape index (κ2) is 7.16. The number of hydrogen-bond donors (Lipinski definition) is 1. The van der Waals surface area contributed by atoms with Crippen molar-refractivity contribution < 1.29 is 0 Å². The summed E-state index contributed by atoms with van der Waals surface area (Å²) in [4.78, 5) is 1.28. The van der Waals surface area contributed by atoms with Crippen molar-refractivity contribution in [1.82, 2.24) is 5.43 Å². The molecule has 0 radical (unpaired) electrons. The molecule has 1 heterocycles. The number of hydrogen-bond acceptors (Lipinski definition) is 3. The zero-order valence-corrected chi connectivity index (χ0v) is 15.0. The van der Waals surface area contributed by atoms with Crippen molar-refractivity contribution in [3.63, 3.8) is 0 Å². The lowest BCUT2D eigenvalue weighted by molar-refractivity contribution is 0.620. The van der Waals surface area contributed by atoms with Gasteiger partial charge in [0, 0.05) is 11.3 Å². The maximum absolute atomic E-state index is 4.56. The molecular formula is C22H20N2S. The molecule has 1 aliphatic rings. The Morgan fingerprint density at radius 3 is 2.12 bits per heavy atom. The van der Waals surface area contributed by atoms with E-state index in [4.69, 9.17) is 0 Å². The topological polar surface area (TPSA) is 24.4 Å². The fraction of sp³-hybridized carbons (Fsp3) is 0.136. The van der Waals surface area contributed by atoms with E-state index in [9.17, 15) is 0 Å². The number of rotatable bonds is 4. The molecule has 1 aliphatic heterocycles. The predicted molar refractivity (Wildman–Crippen MR) is 107 cm³/mol. The summed E-state index contributed by atoms with van der Waals surface area (Å²) in [6.07, 6.45) is 3.02. The summed E-state index contributed by atoms with van der Waals surface area (Å²) in [5.74, 6) is 0. The Morgan fingerprint density at radius 1 is 0.800 bits per heavy atom. The van der Waals surface area contributed by atoms with Crippen LogP contribution in [0.4, 0.5) is 0 Å². The van der Waals surface area contributed by atoms with E-state index in [0.29, 0.717) is 0 Å². The summed E-state index contributed by atoms with van der Waals surface area (Å²) in [5.41, 5.74) is 9.40. The summed E-state index contributed by atoms with van der Waals surface area (Å²) in [5, 5.41) is 4.56. The number of hydrazone groups is 1. The maximum atomic E-state index is 4.56.